The van der Waals surface area contributed by atoms with E-state index in [1.165, 1.54) is 24.3 Å². The van der Waals surface area contributed by atoms with E-state index in [9.17, 15) is 21.6 Å². The molecule has 156 valence electrons. The predicted molar refractivity (Wildman–Crippen MR) is 110 cm³/mol. The van der Waals surface area contributed by atoms with Crippen molar-refractivity contribution in [2.24, 2.45) is 0 Å². The molecular formula is C20H23NO6S2. The van der Waals surface area contributed by atoms with Gasteiger partial charge in [0.25, 0.3) is 5.91 Å². The van der Waals surface area contributed by atoms with E-state index in [2.05, 4.69) is 5.32 Å². The van der Waals surface area contributed by atoms with E-state index in [0.29, 0.717) is 13.0 Å². The average Bonchev–Trinajstić information content (AvgIpc) is 3.08. The minimum absolute atomic E-state index is 0.0277. The SMILES string of the molecule is COc1cccc(CCNC(=O)c2cccc(S(=O)(=O)C3CCS(=O)(=O)C3)c2)c1. The second kappa shape index (κ2) is 8.54. The molecule has 0 spiro atoms. The van der Waals surface area contributed by atoms with E-state index in [1.807, 2.05) is 24.3 Å². The molecule has 2 aromatic carbocycles. The average molecular weight is 438 g/mol. The number of rotatable bonds is 7. The Hall–Kier alpha value is -2.39. The van der Waals surface area contributed by atoms with E-state index < -0.39 is 24.9 Å². The van der Waals surface area contributed by atoms with Crippen molar-refractivity contribution in [3.05, 3.63) is 59.7 Å². The molecular weight excluding hydrogens is 414 g/mol. The first-order valence-corrected chi connectivity index (χ1v) is 12.5. The van der Waals surface area contributed by atoms with Gasteiger partial charge < -0.3 is 10.1 Å². The first kappa shape index (κ1) is 21.3. The van der Waals surface area contributed by atoms with Gasteiger partial charge in [-0.2, -0.15) is 0 Å². The molecule has 1 N–H and O–H groups in total. The third-order valence-corrected chi connectivity index (χ3v) is 9.06. The van der Waals surface area contributed by atoms with Gasteiger partial charge in [-0.25, -0.2) is 16.8 Å². The maximum absolute atomic E-state index is 12.7. The summed E-state index contributed by atoms with van der Waals surface area (Å²) in [5.41, 5.74) is 1.22. The number of carbonyl (C=O) groups is 1. The lowest BCUT2D eigenvalue weighted by atomic mass is 10.1. The number of amides is 1. The van der Waals surface area contributed by atoms with Crippen LogP contribution in [0.3, 0.4) is 0 Å². The molecule has 1 saturated heterocycles. The van der Waals surface area contributed by atoms with Crippen LogP contribution in [-0.4, -0.2) is 53.2 Å². The summed E-state index contributed by atoms with van der Waals surface area (Å²) in [5.74, 6) is -0.141. The van der Waals surface area contributed by atoms with Gasteiger partial charge in [0.15, 0.2) is 19.7 Å². The number of carbonyl (C=O) groups excluding carboxylic acids is 1. The number of benzene rings is 2. The largest absolute Gasteiger partial charge is 0.497 e. The molecule has 2 aromatic rings. The first-order valence-electron chi connectivity index (χ1n) is 9.17. The van der Waals surface area contributed by atoms with Crippen LogP contribution in [0.2, 0.25) is 0 Å². The van der Waals surface area contributed by atoms with Gasteiger partial charge in [0.05, 0.1) is 28.8 Å². The molecule has 1 atom stereocenters. The Morgan fingerprint density at radius 3 is 2.62 bits per heavy atom. The van der Waals surface area contributed by atoms with Crippen LogP contribution < -0.4 is 10.1 Å². The molecule has 1 heterocycles. The Kier molecular flexibility index (Phi) is 6.28. The fourth-order valence-corrected chi connectivity index (χ4v) is 7.67. The predicted octanol–water partition coefficient (Wildman–Crippen LogP) is 1.63. The van der Waals surface area contributed by atoms with Gasteiger partial charge in [0, 0.05) is 12.1 Å². The summed E-state index contributed by atoms with van der Waals surface area (Å²) in [6.45, 7) is 0.379. The highest BCUT2D eigenvalue weighted by molar-refractivity contribution is 7.96. The monoisotopic (exact) mass is 437 g/mol. The fraction of sp³-hybridized carbons (Fsp3) is 0.350. The van der Waals surface area contributed by atoms with Gasteiger partial charge in [-0.3, -0.25) is 4.79 Å². The number of methoxy groups -OCH3 is 1. The minimum atomic E-state index is -3.81. The summed E-state index contributed by atoms with van der Waals surface area (Å²) in [6.07, 6.45) is 0.683. The van der Waals surface area contributed by atoms with Crippen LogP contribution in [0.5, 0.6) is 5.75 Å². The molecule has 29 heavy (non-hydrogen) atoms. The molecule has 1 aliphatic rings. The van der Waals surface area contributed by atoms with E-state index in [-0.39, 0.29) is 34.3 Å². The second-order valence-electron chi connectivity index (χ2n) is 6.96. The Morgan fingerprint density at radius 2 is 1.93 bits per heavy atom. The van der Waals surface area contributed by atoms with Crippen molar-refractivity contribution in [1.29, 1.82) is 0 Å². The molecule has 0 aromatic heterocycles. The van der Waals surface area contributed by atoms with E-state index in [1.54, 1.807) is 7.11 Å². The molecule has 1 fully saturated rings. The van der Waals surface area contributed by atoms with Gasteiger partial charge in [0.2, 0.25) is 0 Å². The quantitative estimate of drug-likeness (QED) is 0.706. The van der Waals surface area contributed by atoms with Crippen LogP contribution in [0.4, 0.5) is 0 Å². The zero-order chi connectivity index (χ0) is 21.1. The Balaban J connectivity index is 1.66. The topological polar surface area (TPSA) is 107 Å². The van der Waals surface area contributed by atoms with Crippen molar-refractivity contribution in [3.8, 4) is 5.75 Å². The van der Waals surface area contributed by atoms with Crippen LogP contribution in [0, 0.1) is 0 Å². The highest BCUT2D eigenvalue weighted by atomic mass is 32.2. The van der Waals surface area contributed by atoms with E-state index >= 15 is 0 Å². The zero-order valence-electron chi connectivity index (χ0n) is 16.0. The number of hydrogen-bond donors (Lipinski definition) is 1. The molecule has 1 unspecified atom stereocenters. The zero-order valence-corrected chi connectivity index (χ0v) is 17.6. The maximum atomic E-state index is 12.7. The standard InChI is InChI=1S/C20H23NO6S2/c1-27-17-6-2-4-15(12-17)8-10-21-20(22)16-5-3-7-18(13-16)29(25,26)19-9-11-28(23,24)14-19/h2-7,12-13,19H,8-11,14H2,1H3,(H,21,22). The van der Waals surface area contributed by atoms with Crippen molar-refractivity contribution in [1.82, 2.24) is 5.32 Å². The second-order valence-corrected chi connectivity index (χ2v) is 11.4. The first-order chi connectivity index (χ1) is 13.7. The van der Waals surface area contributed by atoms with Crippen molar-refractivity contribution in [2.45, 2.75) is 23.0 Å². The Labute approximate surface area is 170 Å². The van der Waals surface area contributed by atoms with Gasteiger partial charge in [0.1, 0.15) is 5.75 Å². The Bertz CT molecular complexity index is 1110. The highest BCUT2D eigenvalue weighted by Crippen LogP contribution is 2.26. The van der Waals surface area contributed by atoms with Crippen molar-refractivity contribution in [2.75, 3.05) is 25.2 Å². The normalized spacial score (nSPS) is 18.3. The lowest BCUT2D eigenvalue weighted by Crippen LogP contribution is -2.26. The smallest absolute Gasteiger partial charge is 0.251 e. The molecule has 0 aliphatic carbocycles. The number of sulfone groups is 2. The molecule has 7 nitrogen and oxygen atoms in total. The molecule has 1 amide bonds. The highest BCUT2D eigenvalue weighted by Gasteiger charge is 2.38. The third-order valence-electron chi connectivity index (χ3n) is 4.89. The minimum Gasteiger partial charge on any atom is -0.497 e. The van der Waals surface area contributed by atoms with Crippen LogP contribution in [0.1, 0.15) is 22.3 Å². The van der Waals surface area contributed by atoms with Crippen LogP contribution in [0.25, 0.3) is 0 Å². The molecule has 0 bridgehead atoms. The van der Waals surface area contributed by atoms with Crippen molar-refractivity contribution >= 4 is 25.6 Å². The van der Waals surface area contributed by atoms with Gasteiger partial charge >= 0.3 is 0 Å². The summed E-state index contributed by atoms with van der Waals surface area (Å²) in [7, 11) is -5.55. The van der Waals surface area contributed by atoms with E-state index in [0.717, 1.165) is 11.3 Å². The molecule has 0 radical (unpaired) electrons. The summed E-state index contributed by atoms with van der Waals surface area (Å²) in [4.78, 5) is 12.4. The molecule has 0 saturated carbocycles. The summed E-state index contributed by atoms with van der Waals surface area (Å²) in [5, 5.41) is 1.82. The van der Waals surface area contributed by atoms with Crippen molar-refractivity contribution < 1.29 is 26.4 Å². The number of ether oxygens (including phenoxy) is 1. The number of nitrogens with one attached hydrogen (secondary N) is 1. The van der Waals surface area contributed by atoms with Crippen LogP contribution in [-0.2, 0) is 26.1 Å². The summed E-state index contributed by atoms with van der Waals surface area (Å²) in [6, 6.07) is 13.2. The lowest BCUT2D eigenvalue weighted by Gasteiger charge is -2.12. The maximum Gasteiger partial charge on any atom is 0.251 e. The fourth-order valence-electron chi connectivity index (χ4n) is 3.26. The van der Waals surface area contributed by atoms with Crippen LogP contribution >= 0.6 is 0 Å². The van der Waals surface area contributed by atoms with E-state index in [4.69, 9.17) is 4.74 Å². The van der Waals surface area contributed by atoms with Gasteiger partial charge in [-0.1, -0.05) is 18.2 Å². The molecule has 9 heteroatoms. The third kappa shape index (κ3) is 5.16. The molecule has 1 aliphatic heterocycles. The Morgan fingerprint density at radius 1 is 1.17 bits per heavy atom. The lowest BCUT2D eigenvalue weighted by molar-refractivity contribution is 0.0954. The van der Waals surface area contributed by atoms with Gasteiger partial charge in [-0.05, 0) is 48.7 Å². The number of hydrogen-bond acceptors (Lipinski definition) is 6. The summed E-state index contributed by atoms with van der Waals surface area (Å²) < 4.78 is 53.9. The van der Waals surface area contributed by atoms with Gasteiger partial charge in [-0.15, -0.1) is 0 Å². The summed E-state index contributed by atoms with van der Waals surface area (Å²) >= 11 is 0. The molecule has 3 rings (SSSR count). The van der Waals surface area contributed by atoms with Crippen molar-refractivity contribution in [3.63, 3.8) is 0 Å². The van der Waals surface area contributed by atoms with Crippen LogP contribution in [0.15, 0.2) is 53.4 Å².